The number of hydrogen-bond donors (Lipinski definition) is 1. The highest BCUT2D eigenvalue weighted by Crippen LogP contribution is 2.27. The fraction of sp³-hybridized carbons (Fsp3) is 0.353. The Balaban J connectivity index is 1.77. The molecule has 0 fully saturated rings. The van der Waals surface area contributed by atoms with Crippen LogP contribution in [0.25, 0.3) is 11.4 Å². The summed E-state index contributed by atoms with van der Waals surface area (Å²) in [5.41, 5.74) is 3.19. The number of aryl methyl sites for hydroxylation is 1. The molecule has 0 saturated carbocycles. The SMILES string of the molecule is Cc1cc(CSc2nnc(-c3ccc(C(C)(C)C)cc3)n2N)no1. The van der Waals surface area contributed by atoms with Crippen molar-refractivity contribution in [2.24, 2.45) is 0 Å². The van der Waals surface area contributed by atoms with E-state index in [-0.39, 0.29) is 5.41 Å². The first-order chi connectivity index (χ1) is 11.3. The summed E-state index contributed by atoms with van der Waals surface area (Å²) in [4.78, 5) is 0. The van der Waals surface area contributed by atoms with Crippen molar-refractivity contribution in [2.45, 2.75) is 44.0 Å². The minimum atomic E-state index is 0.117. The fourth-order valence-electron chi connectivity index (χ4n) is 2.32. The first-order valence-corrected chi connectivity index (χ1v) is 8.69. The van der Waals surface area contributed by atoms with Gasteiger partial charge in [0.05, 0.1) is 5.69 Å². The molecule has 24 heavy (non-hydrogen) atoms. The molecule has 0 unspecified atom stereocenters. The molecule has 0 radical (unpaired) electrons. The molecule has 0 bridgehead atoms. The van der Waals surface area contributed by atoms with Crippen molar-refractivity contribution in [1.29, 1.82) is 0 Å². The molecule has 1 aromatic carbocycles. The van der Waals surface area contributed by atoms with Gasteiger partial charge in [-0.2, -0.15) is 0 Å². The summed E-state index contributed by atoms with van der Waals surface area (Å²) in [6.07, 6.45) is 0. The van der Waals surface area contributed by atoms with Crippen LogP contribution < -0.4 is 5.84 Å². The highest BCUT2D eigenvalue weighted by atomic mass is 32.2. The van der Waals surface area contributed by atoms with Crippen molar-refractivity contribution in [3.8, 4) is 11.4 Å². The number of hydrogen-bond acceptors (Lipinski definition) is 6. The Labute approximate surface area is 145 Å². The van der Waals surface area contributed by atoms with Crippen LogP contribution in [-0.2, 0) is 11.2 Å². The topological polar surface area (TPSA) is 82.8 Å². The summed E-state index contributed by atoms with van der Waals surface area (Å²) in [5, 5.41) is 13.0. The third kappa shape index (κ3) is 3.46. The van der Waals surface area contributed by atoms with Crippen LogP contribution in [-0.4, -0.2) is 20.0 Å². The molecule has 0 aliphatic rings. The highest BCUT2D eigenvalue weighted by Gasteiger charge is 2.16. The average molecular weight is 343 g/mol. The number of nitrogen functional groups attached to an aromatic ring is 1. The van der Waals surface area contributed by atoms with Gasteiger partial charge in [-0.1, -0.05) is 62.0 Å². The monoisotopic (exact) mass is 343 g/mol. The third-order valence-corrected chi connectivity index (χ3v) is 4.68. The van der Waals surface area contributed by atoms with Crippen molar-refractivity contribution in [1.82, 2.24) is 20.0 Å². The van der Waals surface area contributed by atoms with Gasteiger partial charge < -0.3 is 10.4 Å². The molecule has 0 aliphatic carbocycles. The van der Waals surface area contributed by atoms with Gasteiger partial charge >= 0.3 is 0 Å². The van der Waals surface area contributed by atoms with Crippen LogP contribution in [0.15, 0.2) is 40.0 Å². The van der Waals surface area contributed by atoms with Crippen LogP contribution in [0.5, 0.6) is 0 Å². The minimum absolute atomic E-state index is 0.117. The molecule has 6 nitrogen and oxygen atoms in total. The lowest BCUT2D eigenvalue weighted by Crippen LogP contribution is -2.12. The molecule has 2 N–H and O–H groups in total. The van der Waals surface area contributed by atoms with E-state index >= 15 is 0 Å². The maximum Gasteiger partial charge on any atom is 0.210 e. The predicted octanol–water partition coefficient (Wildman–Crippen LogP) is 3.55. The van der Waals surface area contributed by atoms with Crippen molar-refractivity contribution in [3.05, 3.63) is 47.3 Å². The van der Waals surface area contributed by atoms with Crippen LogP contribution >= 0.6 is 11.8 Å². The lowest BCUT2D eigenvalue weighted by molar-refractivity contribution is 0.393. The second-order valence-electron chi connectivity index (χ2n) is 6.72. The Morgan fingerprint density at radius 3 is 2.46 bits per heavy atom. The van der Waals surface area contributed by atoms with Crippen LogP contribution in [0.2, 0.25) is 0 Å². The normalized spacial score (nSPS) is 11.8. The van der Waals surface area contributed by atoms with Crippen LogP contribution in [0.3, 0.4) is 0 Å². The van der Waals surface area contributed by atoms with E-state index in [1.165, 1.54) is 22.0 Å². The van der Waals surface area contributed by atoms with E-state index in [1.54, 1.807) is 0 Å². The average Bonchev–Trinajstić information content (AvgIpc) is 3.10. The summed E-state index contributed by atoms with van der Waals surface area (Å²) in [7, 11) is 0. The quantitative estimate of drug-likeness (QED) is 0.576. The van der Waals surface area contributed by atoms with Gasteiger partial charge in [0.15, 0.2) is 5.82 Å². The fourth-order valence-corrected chi connectivity index (χ4v) is 3.05. The second kappa shape index (κ2) is 6.32. The molecule has 126 valence electrons. The molecular weight excluding hydrogens is 322 g/mol. The molecular formula is C17H21N5OS. The Morgan fingerprint density at radius 2 is 1.88 bits per heavy atom. The van der Waals surface area contributed by atoms with Crippen molar-refractivity contribution >= 4 is 11.8 Å². The largest absolute Gasteiger partial charge is 0.361 e. The van der Waals surface area contributed by atoms with Crippen molar-refractivity contribution < 1.29 is 4.52 Å². The number of thioether (sulfide) groups is 1. The van der Waals surface area contributed by atoms with Crippen LogP contribution in [0.1, 0.15) is 37.8 Å². The summed E-state index contributed by atoms with van der Waals surface area (Å²) in [5.74, 6) is 8.23. The van der Waals surface area contributed by atoms with Gasteiger partial charge in [-0.25, -0.2) is 4.68 Å². The number of benzene rings is 1. The van der Waals surface area contributed by atoms with Crippen LogP contribution in [0.4, 0.5) is 0 Å². The second-order valence-corrected chi connectivity index (χ2v) is 7.66. The highest BCUT2D eigenvalue weighted by molar-refractivity contribution is 7.98. The lowest BCUT2D eigenvalue weighted by Gasteiger charge is -2.19. The number of aromatic nitrogens is 4. The zero-order valence-electron chi connectivity index (χ0n) is 14.3. The van der Waals surface area contributed by atoms with E-state index in [0.29, 0.717) is 16.7 Å². The molecule has 0 saturated heterocycles. The first-order valence-electron chi connectivity index (χ1n) is 7.71. The standard InChI is InChI=1S/C17H21N5OS/c1-11-9-14(21-23-11)10-24-16-20-19-15(22(16)18)12-5-7-13(8-6-12)17(2,3)4/h5-9H,10,18H2,1-4H3. The van der Waals surface area contributed by atoms with E-state index in [0.717, 1.165) is 17.0 Å². The van der Waals surface area contributed by atoms with Gasteiger partial charge in [0.1, 0.15) is 5.76 Å². The van der Waals surface area contributed by atoms with Gasteiger partial charge in [0.25, 0.3) is 0 Å². The summed E-state index contributed by atoms with van der Waals surface area (Å²) in [6, 6.07) is 10.2. The third-order valence-electron chi connectivity index (χ3n) is 3.70. The first kappa shape index (κ1) is 16.6. The van der Waals surface area contributed by atoms with Crippen molar-refractivity contribution in [2.75, 3.05) is 5.84 Å². The zero-order valence-corrected chi connectivity index (χ0v) is 15.1. The van der Waals surface area contributed by atoms with Gasteiger partial charge in [0, 0.05) is 17.4 Å². The van der Waals surface area contributed by atoms with E-state index in [1.807, 2.05) is 25.1 Å². The number of nitrogens with two attached hydrogens (primary N) is 1. The molecule has 2 aromatic heterocycles. The van der Waals surface area contributed by atoms with Gasteiger partial charge in [-0.05, 0) is 17.9 Å². The number of nitrogens with zero attached hydrogens (tertiary/aromatic N) is 4. The minimum Gasteiger partial charge on any atom is -0.361 e. The molecule has 0 aliphatic heterocycles. The maximum absolute atomic E-state index is 6.16. The summed E-state index contributed by atoms with van der Waals surface area (Å²) < 4.78 is 6.58. The predicted molar refractivity (Wildman–Crippen MR) is 95.1 cm³/mol. The van der Waals surface area contributed by atoms with E-state index in [2.05, 4.69) is 48.3 Å². The molecule has 7 heteroatoms. The zero-order chi connectivity index (χ0) is 17.3. The molecule has 0 atom stereocenters. The summed E-state index contributed by atoms with van der Waals surface area (Å²) in [6.45, 7) is 8.43. The van der Waals surface area contributed by atoms with Gasteiger partial charge in [-0.15, -0.1) is 10.2 Å². The van der Waals surface area contributed by atoms with E-state index in [9.17, 15) is 0 Å². The molecule has 2 heterocycles. The molecule has 0 spiro atoms. The summed E-state index contributed by atoms with van der Waals surface area (Å²) >= 11 is 1.48. The van der Waals surface area contributed by atoms with E-state index < -0.39 is 0 Å². The van der Waals surface area contributed by atoms with E-state index in [4.69, 9.17) is 10.4 Å². The Bertz CT molecular complexity index is 830. The van der Waals surface area contributed by atoms with Gasteiger partial charge in [-0.3, -0.25) is 0 Å². The van der Waals surface area contributed by atoms with Crippen LogP contribution in [0, 0.1) is 6.92 Å². The lowest BCUT2D eigenvalue weighted by atomic mass is 9.87. The smallest absolute Gasteiger partial charge is 0.210 e. The molecule has 0 amide bonds. The molecule has 3 rings (SSSR count). The Morgan fingerprint density at radius 1 is 1.17 bits per heavy atom. The Hall–Kier alpha value is -2.28. The van der Waals surface area contributed by atoms with Gasteiger partial charge in [0.2, 0.25) is 5.16 Å². The number of rotatable bonds is 4. The Kier molecular flexibility index (Phi) is 4.36. The molecule has 3 aromatic rings. The maximum atomic E-state index is 6.16. The van der Waals surface area contributed by atoms with Crippen molar-refractivity contribution in [3.63, 3.8) is 0 Å².